The number of hydrogen-bond acceptors (Lipinski definition) is 7. The van der Waals surface area contributed by atoms with Crippen LogP contribution in [-0.4, -0.2) is 43.7 Å². The van der Waals surface area contributed by atoms with E-state index >= 15 is 0 Å². The Bertz CT molecular complexity index is 1220. The zero-order valence-electron chi connectivity index (χ0n) is 18.8. The number of carbonyl (C=O) groups is 3. The minimum atomic E-state index is -4.05. The molecule has 0 saturated heterocycles. The van der Waals surface area contributed by atoms with E-state index in [-0.39, 0.29) is 22.7 Å². The van der Waals surface area contributed by atoms with Crippen molar-refractivity contribution in [3.05, 3.63) is 58.6 Å². The summed E-state index contributed by atoms with van der Waals surface area (Å²) in [5.41, 5.74) is 1.83. The summed E-state index contributed by atoms with van der Waals surface area (Å²) in [6, 6.07) is 9.02. The van der Waals surface area contributed by atoms with Gasteiger partial charge in [-0.25, -0.2) is 19.1 Å². The van der Waals surface area contributed by atoms with Crippen molar-refractivity contribution in [1.29, 1.82) is 0 Å². The first-order valence-electron chi connectivity index (χ1n) is 10.2. The lowest BCUT2D eigenvalue weighted by atomic mass is 10.1. The minimum Gasteiger partial charge on any atom is -0.444 e. The standard InChI is InChI=1S/C22H25ClN4O6S/c1-22(2,3)33-21(30)25-16-12-34(31,32)18-9-6-14(19(28)26-24)10-17(18)27(20(16)29)11-13-4-7-15(23)8-5-13/h4-10,16H,11-12,24H2,1-3H3,(H,25,30)(H,26,28)/t16-/m0/s1. The van der Waals surface area contributed by atoms with Crippen molar-refractivity contribution in [2.24, 2.45) is 5.84 Å². The third-order valence-electron chi connectivity index (χ3n) is 4.87. The van der Waals surface area contributed by atoms with E-state index in [0.717, 1.165) is 0 Å². The highest BCUT2D eigenvalue weighted by atomic mass is 35.5. The van der Waals surface area contributed by atoms with Gasteiger partial charge >= 0.3 is 6.09 Å². The second kappa shape index (κ2) is 9.61. The number of nitrogens with two attached hydrogens (primary N) is 1. The zero-order chi connectivity index (χ0) is 25.3. The Morgan fingerprint density at radius 3 is 2.41 bits per heavy atom. The molecule has 1 aliphatic rings. The molecule has 0 radical (unpaired) electrons. The molecular formula is C22H25ClN4O6S. The monoisotopic (exact) mass is 508 g/mol. The highest BCUT2D eigenvalue weighted by Crippen LogP contribution is 2.33. The number of carbonyl (C=O) groups excluding carboxylic acids is 3. The van der Waals surface area contributed by atoms with Crippen LogP contribution in [0.3, 0.4) is 0 Å². The average molecular weight is 509 g/mol. The van der Waals surface area contributed by atoms with Gasteiger partial charge in [-0.2, -0.15) is 0 Å². The first-order chi connectivity index (χ1) is 15.8. The fourth-order valence-electron chi connectivity index (χ4n) is 3.39. The summed E-state index contributed by atoms with van der Waals surface area (Å²) in [6.45, 7) is 4.89. The zero-order valence-corrected chi connectivity index (χ0v) is 20.4. The van der Waals surface area contributed by atoms with Crippen LogP contribution in [0.4, 0.5) is 10.5 Å². The molecule has 0 fully saturated rings. The summed E-state index contributed by atoms with van der Waals surface area (Å²) in [4.78, 5) is 39.1. The van der Waals surface area contributed by atoms with Gasteiger partial charge < -0.3 is 15.0 Å². The molecular weight excluding hydrogens is 484 g/mol. The number of sulfone groups is 1. The molecule has 10 nitrogen and oxygen atoms in total. The second-order valence-corrected chi connectivity index (χ2v) is 11.1. The molecule has 0 saturated carbocycles. The van der Waals surface area contributed by atoms with Gasteiger partial charge in [0, 0.05) is 10.6 Å². The number of halogens is 1. The highest BCUT2D eigenvalue weighted by molar-refractivity contribution is 7.91. The lowest BCUT2D eigenvalue weighted by Crippen LogP contribution is -2.51. The van der Waals surface area contributed by atoms with E-state index in [2.05, 4.69) is 5.32 Å². The number of benzene rings is 2. The van der Waals surface area contributed by atoms with Crippen molar-refractivity contribution < 1.29 is 27.5 Å². The fraction of sp³-hybridized carbons (Fsp3) is 0.318. The maximum atomic E-state index is 13.6. The first kappa shape index (κ1) is 25.5. The van der Waals surface area contributed by atoms with Crippen LogP contribution in [0.25, 0.3) is 0 Å². The Labute approximate surface area is 202 Å². The largest absolute Gasteiger partial charge is 0.444 e. The van der Waals surface area contributed by atoms with E-state index in [1.54, 1.807) is 45.0 Å². The molecule has 2 aromatic carbocycles. The van der Waals surface area contributed by atoms with Crippen molar-refractivity contribution in [3.63, 3.8) is 0 Å². The third kappa shape index (κ3) is 5.85. The third-order valence-corrected chi connectivity index (χ3v) is 6.91. The summed E-state index contributed by atoms with van der Waals surface area (Å²) in [5.74, 6) is 3.19. The smallest absolute Gasteiger partial charge is 0.408 e. The second-order valence-electron chi connectivity index (χ2n) is 8.69. The van der Waals surface area contributed by atoms with Crippen LogP contribution < -0.4 is 21.5 Å². The molecule has 2 aromatic rings. The number of rotatable bonds is 4. The molecule has 0 spiro atoms. The van der Waals surface area contributed by atoms with Gasteiger partial charge in [0.2, 0.25) is 0 Å². The summed E-state index contributed by atoms with van der Waals surface area (Å²) in [5, 5.41) is 2.86. The number of nitrogens with one attached hydrogen (secondary N) is 2. The summed E-state index contributed by atoms with van der Waals surface area (Å²) >= 11 is 5.95. The normalized spacial score (nSPS) is 17.4. The van der Waals surface area contributed by atoms with Gasteiger partial charge in [-0.3, -0.25) is 15.0 Å². The lowest BCUT2D eigenvalue weighted by Gasteiger charge is -2.27. The van der Waals surface area contributed by atoms with E-state index in [9.17, 15) is 22.8 Å². The van der Waals surface area contributed by atoms with Crippen molar-refractivity contribution in [1.82, 2.24) is 10.7 Å². The van der Waals surface area contributed by atoms with Crippen molar-refractivity contribution >= 4 is 45.0 Å². The van der Waals surface area contributed by atoms with E-state index in [1.807, 2.05) is 5.43 Å². The van der Waals surface area contributed by atoms with Crippen molar-refractivity contribution in [2.75, 3.05) is 10.7 Å². The molecule has 34 heavy (non-hydrogen) atoms. The van der Waals surface area contributed by atoms with E-state index in [1.165, 1.54) is 23.1 Å². The number of nitrogen functional groups attached to an aromatic ring is 1. The SMILES string of the molecule is CC(C)(C)OC(=O)N[C@H]1CS(=O)(=O)c2ccc(C(=O)NN)cc2N(Cc2ccc(Cl)cc2)C1=O. The van der Waals surface area contributed by atoms with Crippen LogP contribution in [0.2, 0.25) is 5.02 Å². The van der Waals surface area contributed by atoms with E-state index < -0.39 is 45.1 Å². The summed E-state index contributed by atoms with van der Waals surface area (Å²) < 4.78 is 31.6. The molecule has 3 rings (SSSR count). The molecule has 182 valence electrons. The quantitative estimate of drug-likeness (QED) is 0.325. The van der Waals surface area contributed by atoms with Gasteiger partial charge in [0.25, 0.3) is 11.8 Å². The molecule has 1 heterocycles. The fourth-order valence-corrected chi connectivity index (χ4v) is 5.13. The Balaban J connectivity index is 2.10. The van der Waals surface area contributed by atoms with Crippen LogP contribution in [0, 0.1) is 0 Å². The Hall–Kier alpha value is -3.15. The number of nitrogens with zero attached hydrogens (tertiary/aromatic N) is 1. The molecule has 12 heteroatoms. The molecule has 3 amide bonds. The first-order valence-corrected chi connectivity index (χ1v) is 12.3. The summed E-state index contributed by atoms with van der Waals surface area (Å²) in [6.07, 6.45) is -0.929. The van der Waals surface area contributed by atoms with Gasteiger partial charge in [0.1, 0.15) is 11.6 Å². The van der Waals surface area contributed by atoms with Gasteiger partial charge in [-0.15, -0.1) is 0 Å². The Kier molecular flexibility index (Phi) is 7.20. The number of hydrazine groups is 1. The van der Waals surface area contributed by atoms with Crippen LogP contribution in [0.1, 0.15) is 36.7 Å². The molecule has 1 aliphatic heterocycles. The van der Waals surface area contributed by atoms with Crippen LogP contribution in [0.5, 0.6) is 0 Å². The predicted octanol–water partition coefficient (Wildman–Crippen LogP) is 2.16. The van der Waals surface area contributed by atoms with Gasteiger partial charge in [0.05, 0.1) is 22.9 Å². The lowest BCUT2D eigenvalue weighted by molar-refractivity contribution is -0.120. The van der Waals surface area contributed by atoms with Gasteiger partial charge in [0.15, 0.2) is 9.84 Å². The molecule has 4 N–H and O–H groups in total. The number of anilines is 1. The van der Waals surface area contributed by atoms with Crippen molar-refractivity contribution in [2.45, 2.75) is 43.9 Å². The molecule has 0 unspecified atom stereocenters. The number of hydrogen-bond donors (Lipinski definition) is 3. The molecule has 0 aromatic heterocycles. The predicted molar refractivity (Wildman–Crippen MR) is 126 cm³/mol. The van der Waals surface area contributed by atoms with Crippen molar-refractivity contribution in [3.8, 4) is 0 Å². The van der Waals surface area contributed by atoms with Gasteiger partial charge in [-0.05, 0) is 56.7 Å². The maximum Gasteiger partial charge on any atom is 0.408 e. The minimum absolute atomic E-state index is 0.00506. The van der Waals surface area contributed by atoms with Gasteiger partial charge in [-0.1, -0.05) is 23.7 Å². The van der Waals surface area contributed by atoms with Crippen LogP contribution >= 0.6 is 11.6 Å². The number of amides is 3. The van der Waals surface area contributed by atoms with E-state index in [0.29, 0.717) is 10.6 Å². The average Bonchev–Trinajstić information content (AvgIpc) is 2.81. The topological polar surface area (TPSA) is 148 Å². The molecule has 1 atom stereocenters. The Morgan fingerprint density at radius 1 is 1.18 bits per heavy atom. The molecule has 0 aliphatic carbocycles. The number of fused-ring (bicyclic) bond motifs is 1. The highest BCUT2D eigenvalue weighted by Gasteiger charge is 2.39. The molecule has 0 bridgehead atoms. The number of ether oxygens (including phenoxy) is 1. The maximum absolute atomic E-state index is 13.6. The summed E-state index contributed by atoms with van der Waals surface area (Å²) in [7, 11) is -4.05. The van der Waals surface area contributed by atoms with Crippen LogP contribution in [0.15, 0.2) is 47.4 Å². The van der Waals surface area contributed by atoms with E-state index in [4.69, 9.17) is 22.2 Å². The van der Waals surface area contributed by atoms with Crippen LogP contribution in [-0.2, 0) is 25.9 Å². The number of alkyl carbamates (subject to hydrolysis) is 1. The Morgan fingerprint density at radius 2 is 1.82 bits per heavy atom.